The van der Waals surface area contributed by atoms with Crippen LogP contribution in [0.3, 0.4) is 0 Å². The van der Waals surface area contributed by atoms with E-state index < -0.39 is 0 Å². The first kappa shape index (κ1) is 15.3. The molecule has 0 fully saturated rings. The van der Waals surface area contributed by atoms with Gasteiger partial charge in [-0.3, -0.25) is 0 Å². The molecule has 102 valence electrons. The summed E-state index contributed by atoms with van der Waals surface area (Å²) in [5.41, 5.74) is 0. The van der Waals surface area contributed by atoms with Crippen LogP contribution in [-0.2, 0) is 4.74 Å². The maximum atomic E-state index is 9.07. The summed E-state index contributed by atoms with van der Waals surface area (Å²) in [4.78, 5) is 6.20. The molecule has 0 aliphatic heterocycles. The fourth-order valence-electron chi connectivity index (χ4n) is 1.50. The molecule has 2 N–H and O–H groups in total. The summed E-state index contributed by atoms with van der Waals surface area (Å²) < 4.78 is 5.02. The van der Waals surface area contributed by atoms with Crippen molar-refractivity contribution in [3.8, 4) is 0 Å². The molecule has 0 aliphatic carbocycles. The third-order valence-corrected chi connectivity index (χ3v) is 2.95. The molecular formula is C11H17Cl2N3O2. The number of aliphatic hydroxyl groups excluding tert-OH is 1. The second-order valence-electron chi connectivity index (χ2n) is 3.58. The molecule has 5 nitrogen and oxygen atoms in total. The molecular weight excluding hydrogens is 277 g/mol. The standard InChI is InChI=1S/C11H17Cl2N3O2/c1-14-10-8(12)7-9(13)11(15-10)16(3-5-17)4-6-18-2/h7,17H,3-6H2,1-2H3,(H,14,15). The predicted molar refractivity (Wildman–Crippen MR) is 75.0 cm³/mol. The Labute approximate surface area is 117 Å². The molecule has 0 saturated carbocycles. The van der Waals surface area contributed by atoms with E-state index in [1.165, 1.54) is 0 Å². The zero-order chi connectivity index (χ0) is 13.5. The van der Waals surface area contributed by atoms with Crippen molar-refractivity contribution in [1.82, 2.24) is 4.98 Å². The van der Waals surface area contributed by atoms with Crippen LogP contribution in [0.5, 0.6) is 0 Å². The zero-order valence-corrected chi connectivity index (χ0v) is 11.9. The maximum Gasteiger partial charge on any atom is 0.150 e. The number of hydrogen-bond acceptors (Lipinski definition) is 5. The number of anilines is 2. The van der Waals surface area contributed by atoms with Gasteiger partial charge in [0, 0.05) is 27.2 Å². The van der Waals surface area contributed by atoms with Crippen molar-refractivity contribution in [3.05, 3.63) is 16.1 Å². The minimum absolute atomic E-state index is 0.0131. The van der Waals surface area contributed by atoms with Crippen LogP contribution in [0.2, 0.25) is 10.0 Å². The Balaban J connectivity index is 3.02. The van der Waals surface area contributed by atoms with Gasteiger partial charge in [-0.25, -0.2) is 4.98 Å². The number of rotatable bonds is 7. The summed E-state index contributed by atoms with van der Waals surface area (Å²) in [5, 5.41) is 12.9. The monoisotopic (exact) mass is 293 g/mol. The van der Waals surface area contributed by atoms with E-state index in [2.05, 4.69) is 10.3 Å². The van der Waals surface area contributed by atoms with E-state index in [0.29, 0.717) is 41.4 Å². The van der Waals surface area contributed by atoms with Crippen molar-refractivity contribution in [2.75, 3.05) is 50.7 Å². The smallest absolute Gasteiger partial charge is 0.150 e. The third kappa shape index (κ3) is 3.88. The summed E-state index contributed by atoms with van der Waals surface area (Å²) in [7, 11) is 3.35. The quantitative estimate of drug-likeness (QED) is 0.804. The normalized spacial score (nSPS) is 10.5. The second-order valence-corrected chi connectivity index (χ2v) is 4.39. The Morgan fingerprint density at radius 1 is 1.39 bits per heavy atom. The first-order chi connectivity index (χ1) is 8.63. The lowest BCUT2D eigenvalue weighted by atomic mass is 10.3. The van der Waals surface area contributed by atoms with Gasteiger partial charge in [0.15, 0.2) is 0 Å². The lowest BCUT2D eigenvalue weighted by Gasteiger charge is -2.24. The van der Waals surface area contributed by atoms with Crippen molar-refractivity contribution in [3.63, 3.8) is 0 Å². The van der Waals surface area contributed by atoms with E-state index in [4.69, 9.17) is 33.0 Å². The highest BCUT2D eigenvalue weighted by Crippen LogP contribution is 2.31. The summed E-state index contributed by atoms with van der Waals surface area (Å²) in [6, 6.07) is 1.63. The highest BCUT2D eigenvalue weighted by atomic mass is 35.5. The molecule has 7 heteroatoms. The van der Waals surface area contributed by atoms with Crippen LogP contribution in [0.25, 0.3) is 0 Å². The van der Waals surface area contributed by atoms with Crippen LogP contribution < -0.4 is 10.2 Å². The minimum Gasteiger partial charge on any atom is -0.395 e. The van der Waals surface area contributed by atoms with E-state index in [-0.39, 0.29) is 6.61 Å². The van der Waals surface area contributed by atoms with Crippen molar-refractivity contribution in [2.24, 2.45) is 0 Å². The van der Waals surface area contributed by atoms with Crippen molar-refractivity contribution >= 4 is 34.8 Å². The Kier molecular flexibility index (Phi) is 6.49. The van der Waals surface area contributed by atoms with Gasteiger partial charge in [-0.15, -0.1) is 0 Å². The van der Waals surface area contributed by atoms with E-state index in [1.54, 1.807) is 20.2 Å². The first-order valence-electron chi connectivity index (χ1n) is 5.52. The topological polar surface area (TPSA) is 57.6 Å². The number of ether oxygens (including phenoxy) is 1. The van der Waals surface area contributed by atoms with Gasteiger partial charge in [-0.05, 0) is 6.07 Å². The fraction of sp³-hybridized carbons (Fsp3) is 0.545. The summed E-state index contributed by atoms with van der Waals surface area (Å²) in [5.74, 6) is 1.13. The van der Waals surface area contributed by atoms with Crippen molar-refractivity contribution in [2.45, 2.75) is 0 Å². The molecule has 1 rings (SSSR count). The largest absolute Gasteiger partial charge is 0.395 e. The van der Waals surface area contributed by atoms with E-state index >= 15 is 0 Å². The fourth-order valence-corrected chi connectivity index (χ4v) is 2.07. The van der Waals surface area contributed by atoms with E-state index in [9.17, 15) is 0 Å². The van der Waals surface area contributed by atoms with E-state index in [1.807, 2.05) is 4.90 Å². The van der Waals surface area contributed by atoms with Gasteiger partial charge in [0.05, 0.1) is 23.3 Å². The highest BCUT2D eigenvalue weighted by molar-refractivity contribution is 6.37. The van der Waals surface area contributed by atoms with Crippen LogP contribution in [0.15, 0.2) is 6.07 Å². The molecule has 1 aromatic heterocycles. The number of methoxy groups -OCH3 is 1. The summed E-state index contributed by atoms with van der Waals surface area (Å²) in [6.07, 6.45) is 0. The predicted octanol–water partition coefficient (Wildman–Crippen LogP) is 1.88. The lowest BCUT2D eigenvalue weighted by molar-refractivity contribution is 0.202. The number of pyridine rings is 1. The Bertz CT molecular complexity index is 391. The SMILES string of the molecule is CNc1nc(N(CCO)CCOC)c(Cl)cc1Cl. The van der Waals surface area contributed by atoms with Gasteiger partial charge in [0.25, 0.3) is 0 Å². The Morgan fingerprint density at radius 2 is 2.11 bits per heavy atom. The van der Waals surface area contributed by atoms with Crippen LogP contribution in [0.1, 0.15) is 0 Å². The van der Waals surface area contributed by atoms with Gasteiger partial charge in [-0.1, -0.05) is 23.2 Å². The molecule has 0 bridgehead atoms. The molecule has 1 heterocycles. The molecule has 0 aliphatic rings. The molecule has 0 spiro atoms. The summed E-state index contributed by atoms with van der Waals surface area (Å²) >= 11 is 12.1. The van der Waals surface area contributed by atoms with Crippen LogP contribution in [0.4, 0.5) is 11.6 Å². The van der Waals surface area contributed by atoms with Gasteiger partial charge in [0.2, 0.25) is 0 Å². The molecule has 18 heavy (non-hydrogen) atoms. The molecule has 0 radical (unpaired) electrons. The lowest BCUT2D eigenvalue weighted by Crippen LogP contribution is -2.31. The number of hydrogen-bond donors (Lipinski definition) is 2. The molecule has 1 aromatic rings. The Hall–Kier alpha value is -0.750. The van der Waals surface area contributed by atoms with Crippen LogP contribution in [0, 0.1) is 0 Å². The average Bonchev–Trinajstić information content (AvgIpc) is 2.35. The zero-order valence-electron chi connectivity index (χ0n) is 10.4. The summed E-state index contributed by atoms with van der Waals surface area (Å²) in [6.45, 7) is 1.56. The number of nitrogens with one attached hydrogen (secondary N) is 1. The molecule has 0 unspecified atom stereocenters. The van der Waals surface area contributed by atoms with Gasteiger partial charge in [-0.2, -0.15) is 0 Å². The van der Waals surface area contributed by atoms with Crippen LogP contribution >= 0.6 is 23.2 Å². The Morgan fingerprint density at radius 3 is 2.67 bits per heavy atom. The number of aromatic nitrogens is 1. The number of nitrogens with zero attached hydrogens (tertiary/aromatic N) is 2. The molecule has 0 aromatic carbocycles. The number of aliphatic hydroxyl groups is 1. The van der Waals surface area contributed by atoms with Crippen LogP contribution in [-0.4, -0.2) is 50.6 Å². The minimum atomic E-state index is 0.0131. The van der Waals surface area contributed by atoms with Gasteiger partial charge in [0.1, 0.15) is 11.6 Å². The van der Waals surface area contributed by atoms with E-state index in [0.717, 1.165) is 0 Å². The molecule has 0 saturated heterocycles. The highest BCUT2D eigenvalue weighted by Gasteiger charge is 2.14. The maximum absolute atomic E-state index is 9.07. The van der Waals surface area contributed by atoms with Gasteiger partial charge >= 0.3 is 0 Å². The molecule has 0 atom stereocenters. The van der Waals surface area contributed by atoms with Crippen molar-refractivity contribution in [1.29, 1.82) is 0 Å². The first-order valence-corrected chi connectivity index (χ1v) is 6.28. The number of halogens is 2. The third-order valence-electron chi connectivity index (χ3n) is 2.38. The second kappa shape index (κ2) is 7.63. The van der Waals surface area contributed by atoms with Crippen molar-refractivity contribution < 1.29 is 9.84 Å². The van der Waals surface area contributed by atoms with Gasteiger partial charge < -0.3 is 20.1 Å². The molecule has 0 amide bonds. The average molecular weight is 294 g/mol.